The quantitative estimate of drug-likeness (QED) is 0.333. The first kappa shape index (κ1) is 27.9. The number of hydrogen-bond donors (Lipinski definition) is 4. The van der Waals surface area contributed by atoms with E-state index in [1.807, 2.05) is 26.8 Å². The molecule has 0 aromatic rings. The van der Waals surface area contributed by atoms with Crippen LogP contribution >= 0.6 is 0 Å². The van der Waals surface area contributed by atoms with Gasteiger partial charge < -0.3 is 20.4 Å². The highest BCUT2D eigenvalue weighted by molar-refractivity contribution is 6.02. The number of allylic oxidation sites excluding steroid dienone is 4. The molecular weight excluding hydrogens is 472 g/mol. The summed E-state index contributed by atoms with van der Waals surface area (Å²) in [4.78, 5) is 40.1. The fraction of sp³-hybridized carbons (Fsp3) is 0.700. The van der Waals surface area contributed by atoms with E-state index in [1.165, 1.54) is 32.9 Å². The van der Waals surface area contributed by atoms with E-state index in [2.05, 4.69) is 0 Å². The van der Waals surface area contributed by atoms with Crippen LogP contribution in [0.1, 0.15) is 74.7 Å². The molecule has 4 aliphatic carbocycles. The van der Waals surface area contributed by atoms with E-state index in [9.17, 15) is 34.8 Å². The average molecular weight is 515 g/mol. The van der Waals surface area contributed by atoms with E-state index in [4.69, 9.17) is 0 Å². The van der Waals surface area contributed by atoms with Crippen LogP contribution < -0.4 is 0 Å². The minimum absolute atomic E-state index is 0.0453. The van der Waals surface area contributed by atoms with Crippen molar-refractivity contribution in [2.75, 3.05) is 0 Å². The van der Waals surface area contributed by atoms with Crippen LogP contribution in [-0.4, -0.2) is 55.1 Å². The molecule has 0 spiro atoms. The van der Waals surface area contributed by atoms with Crippen molar-refractivity contribution in [1.29, 1.82) is 0 Å². The van der Waals surface area contributed by atoms with Crippen LogP contribution in [0.3, 0.4) is 0 Å². The smallest absolute Gasteiger partial charge is 0.206 e. The number of carbonyl (C=O) groups excluding carboxylic acids is 3. The number of aliphatic hydroxyl groups excluding tert-OH is 2. The maximum absolute atomic E-state index is 14.2. The fourth-order valence-corrected chi connectivity index (χ4v) is 8.58. The van der Waals surface area contributed by atoms with Crippen molar-refractivity contribution < 1.29 is 34.8 Å². The normalized spacial score (nSPS) is 42.9. The standard InChI is InChI=1S/C30H42O7/c1-25(2,36)12-11-21(33)30(8,37)23-19(32)14-27(5)20-10-9-16-17(13-18(31)24(35)26(16,3)4)29(20,7)22(34)15-28(23,27)6/h9,11-13,17,19-20,23,31-32,36-37H,10,14-15H2,1-8H3/t17-,19-,20+,23?,27-,28+,29+,30?/m0/s1. The van der Waals surface area contributed by atoms with Crippen molar-refractivity contribution in [3.63, 3.8) is 0 Å². The number of Topliss-reactive ketones (excluding diaryl/α,β-unsaturated/α-hetero) is 2. The molecule has 0 aromatic heterocycles. The van der Waals surface area contributed by atoms with Crippen molar-refractivity contribution >= 4 is 17.3 Å². The second-order valence-electron chi connectivity index (χ2n) is 13.9. The minimum atomic E-state index is -1.96. The molecule has 0 heterocycles. The summed E-state index contributed by atoms with van der Waals surface area (Å²) >= 11 is 0. The van der Waals surface area contributed by atoms with Gasteiger partial charge in [0.2, 0.25) is 5.78 Å². The minimum Gasteiger partial charge on any atom is -0.505 e. The third-order valence-electron chi connectivity index (χ3n) is 10.8. The SMILES string of the molecule is CC(C)(O)C=CC(=O)C(C)(O)C1[C@@H](O)C[C@@]2(C)[C@H]3CC=C4[C@H](C=C(O)C(=O)C4(C)C)[C@@]3(C)C(=O)C[C@]12C. The van der Waals surface area contributed by atoms with E-state index in [0.717, 1.165) is 11.6 Å². The molecule has 0 saturated heterocycles. The highest BCUT2D eigenvalue weighted by Gasteiger charge is 2.74. The van der Waals surface area contributed by atoms with E-state index in [0.29, 0.717) is 12.8 Å². The Labute approximate surface area is 219 Å². The lowest BCUT2D eigenvalue weighted by Crippen LogP contribution is -2.64. The van der Waals surface area contributed by atoms with Crippen molar-refractivity contribution in [2.24, 2.45) is 39.4 Å². The van der Waals surface area contributed by atoms with Gasteiger partial charge in [-0.15, -0.1) is 0 Å². The summed E-state index contributed by atoms with van der Waals surface area (Å²) in [6, 6.07) is 0. The lowest BCUT2D eigenvalue weighted by atomic mass is 9.39. The van der Waals surface area contributed by atoms with Crippen LogP contribution in [0.25, 0.3) is 0 Å². The molecular formula is C30H42O7. The molecule has 2 fully saturated rings. The molecule has 204 valence electrons. The van der Waals surface area contributed by atoms with E-state index in [-0.39, 0.29) is 29.7 Å². The van der Waals surface area contributed by atoms with Gasteiger partial charge in [-0.1, -0.05) is 38.5 Å². The first-order chi connectivity index (χ1) is 16.7. The number of aliphatic hydroxyl groups is 4. The summed E-state index contributed by atoms with van der Waals surface area (Å²) in [5.74, 6) is -2.98. The molecule has 37 heavy (non-hydrogen) atoms. The molecule has 0 radical (unpaired) electrons. The predicted molar refractivity (Wildman–Crippen MR) is 138 cm³/mol. The topological polar surface area (TPSA) is 132 Å². The molecule has 7 heteroatoms. The molecule has 4 N–H and O–H groups in total. The van der Waals surface area contributed by atoms with Gasteiger partial charge >= 0.3 is 0 Å². The summed E-state index contributed by atoms with van der Waals surface area (Å²) in [6.45, 7) is 13.8. The Bertz CT molecular complexity index is 1150. The highest BCUT2D eigenvalue weighted by atomic mass is 16.3. The Hall–Kier alpha value is -2.09. The van der Waals surface area contributed by atoms with Gasteiger partial charge in [-0.3, -0.25) is 14.4 Å². The lowest BCUT2D eigenvalue weighted by Gasteiger charge is -2.63. The summed E-state index contributed by atoms with van der Waals surface area (Å²) in [5.41, 5.74) is -5.75. The largest absolute Gasteiger partial charge is 0.505 e. The molecule has 0 amide bonds. The van der Waals surface area contributed by atoms with Crippen molar-refractivity contribution in [3.8, 4) is 0 Å². The summed E-state index contributed by atoms with van der Waals surface area (Å²) < 4.78 is 0. The van der Waals surface area contributed by atoms with Gasteiger partial charge in [0.1, 0.15) is 11.4 Å². The maximum Gasteiger partial charge on any atom is 0.206 e. The second kappa shape index (κ2) is 7.96. The zero-order valence-electron chi connectivity index (χ0n) is 23.3. The molecule has 0 bridgehead atoms. The van der Waals surface area contributed by atoms with Crippen molar-refractivity contribution in [2.45, 2.75) is 92.0 Å². The number of carbonyl (C=O) groups is 3. The van der Waals surface area contributed by atoms with Gasteiger partial charge in [-0.2, -0.15) is 0 Å². The van der Waals surface area contributed by atoms with Gasteiger partial charge in [-0.05, 0) is 76.4 Å². The Morgan fingerprint density at radius 1 is 1.05 bits per heavy atom. The van der Waals surface area contributed by atoms with Gasteiger partial charge in [-0.25, -0.2) is 0 Å². The highest BCUT2D eigenvalue weighted by Crippen LogP contribution is 2.73. The van der Waals surface area contributed by atoms with Crippen molar-refractivity contribution in [3.05, 3.63) is 35.6 Å². The number of ketones is 3. The molecule has 4 aliphatic rings. The predicted octanol–water partition coefficient (Wildman–Crippen LogP) is 3.62. The first-order valence-electron chi connectivity index (χ1n) is 13.2. The summed E-state index contributed by atoms with van der Waals surface area (Å²) in [7, 11) is 0. The summed E-state index contributed by atoms with van der Waals surface area (Å²) in [5, 5.41) is 43.6. The molecule has 8 atom stereocenters. The second-order valence-corrected chi connectivity index (χ2v) is 13.9. The maximum atomic E-state index is 14.2. The van der Waals surface area contributed by atoms with Gasteiger partial charge in [0.05, 0.1) is 17.1 Å². The Morgan fingerprint density at radius 3 is 2.22 bits per heavy atom. The Morgan fingerprint density at radius 2 is 1.65 bits per heavy atom. The number of rotatable bonds is 4. The summed E-state index contributed by atoms with van der Waals surface area (Å²) in [6.07, 6.45) is 5.85. The third kappa shape index (κ3) is 3.60. The van der Waals surface area contributed by atoms with Gasteiger partial charge in [0.15, 0.2) is 11.5 Å². The fourth-order valence-electron chi connectivity index (χ4n) is 8.58. The van der Waals surface area contributed by atoms with Crippen molar-refractivity contribution in [1.82, 2.24) is 0 Å². The third-order valence-corrected chi connectivity index (χ3v) is 10.8. The lowest BCUT2D eigenvalue weighted by molar-refractivity contribution is -0.179. The molecule has 0 aliphatic heterocycles. The zero-order chi connectivity index (χ0) is 28.1. The van der Waals surface area contributed by atoms with E-state index < -0.39 is 56.6 Å². The van der Waals surface area contributed by atoms with Crippen LogP contribution in [0.15, 0.2) is 35.6 Å². The molecule has 4 rings (SSSR count). The molecule has 7 nitrogen and oxygen atoms in total. The molecule has 2 unspecified atom stereocenters. The van der Waals surface area contributed by atoms with Gasteiger partial charge in [0.25, 0.3) is 0 Å². The molecule has 2 saturated carbocycles. The van der Waals surface area contributed by atoms with E-state index in [1.54, 1.807) is 13.8 Å². The Kier molecular flexibility index (Phi) is 6.01. The average Bonchev–Trinajstić information content (AvgIpc) is 2.96. The molecule has 0 aromatic carbocycles. The van der Waals surface area contributed by atoms with Crippen LogP contribution in [0, 0.1) is 39.4 Å². The van der Waals surface area contributed by atoms with Gasteiger partial charge in [0, 0.05) is 23.7 Å². The Balaban J connectivity index is 1.82. The van der Waals surface area contributed by atoms with Crippen LogP contribution in [-0.2, 0) is 14.4 Å². The van der Waals surface area contributed by atoms with Crippen LogP contribution in [0.5, 0.6) is 0 Å². The number of fused-ring (bicyclic) bond motifs is 5. The van der Waals surface area contributed by atoms with Crippen LogP contribution in [0.2, 0.25) is 0 Å². The van der Waals surface area contributed by atoms with E-state index >= 15 is 0 Å². The first-order valence-corrected chi connectivity index (χ1v) is 13.2. The zero-order valence-corrected chi connectivity index (χ0v) is 23.3. The van der Waals surface area contributed by atoms with Crippen LogP contribution in [0.4, 0.5) is 0 Å². The number of hydrogen-bond acceptors (Lipinski definition) is 7. The monoisotopic (exact) mass is 514 g/mol.